The minimum atomic E-state index is -0.211. The number of aryl methyl sites for hydroxylation is 2. The number of anilines is 2. The summed E-state index contributed by atoms with van der Waals surface area (Å²) in [5, 5.41) is 4.40. The van der Waals surface area contributed by atoms with Crippen LogP contribution in [0, 0.1) is 13.8 Å². The Balaban J connectivity index is 1.49. The molecule has 0 spiro atoms. The van der Waals surface area contributed by atoms with Crippen LogP contribution in [0.25, 0.3) is 10.9 Å². The molecule has 1 aromatic heterocycles. The fourth-order valence-electron chi connectivity index (χ4n) is 4.27. The zero-order chi connectivity index (χ0) is 21.3. The SMILES string of the molecule is COC(=O)[C@H]1CCCN1c1ccc(NCc2cc3c(C)cc(C)cc3[nH]c2=O)cc1. The van der Waals surface area contributed by atoms with Gasteiger partial charge in [0.15, 0.2) is 0 Å². The van der Waals surface area contributed by atoms with Gasteiger partial charge in [-0.2, -0.15) is 0 Å². The quantitative estimate of drug-likeness (QED) is 0.630. The molecule has 0 amide bonds. The van der Waals surface area contributed by atoms with E-state index >= 15 is 0 Å². The maximum Gasteiger partial charge on any atom is 0.328 e. The van der Waals surface area contributed by atoms with Gasteiger partial charge < -0.3 is 19.9 Å². The molecule has 156 valence electrons. The highest BCUT2D eigenvalue weighted by atomic mass is 16.5. The van der Waals surface area contributed by atoms with E-state index in [4.69, 9.17) is 4.74 Å². The zero-order valence-electron chi connectivity index (χ0n) is 17.6. The van der Waals surface area contributed by atoms with E-state index < -0.39 is 0 Å². The molecule has 1 saturated heterocycles. The van der Waals surface area contributed by atoms with Gasteiger partial charge in [0.2, 0.25) is 0 Å². The van der Waals surface area contributed by atoms with Crippen LogP contribution >= 0.6 is 0 Å². The second-order valence-electron chi connectivity index (χ2n) is 7.94. The summed E-state index contributed by atoms with van der Waals surface area (Å²) in [6, 6.07) is 13.8. The van der Waals surface area contributed by atoms with Gasteiger partial charge in [-0.1, -0.05) is 6.07 Å². The second kappa shape index (κ2) is 8.22. The zero-order valence-corrected chi connectivity index (χ0v) is 17.6. The number of H-pyrrole nitrogens is 1. The van der Waals surface area contributed by atoms with Crippen LogP contribution in [0.1, 0.15) is 29.5 Å². The lowest BCUT2D eigenvalue weighted by molar-refractivity contribution is -0.141. The number of hydrogen-bond donors (Lipinski definition) is 2. The lowest BCUT2D eigenvalue weighted by Crippen LogP contribution is -2.36. The second-order valence-corrected chi connectivity index (χ2v) is 7.94. The summed E-state index contributed by atoms with van der Waals surface area (Å²) in [5.41, 5.74) is 5.71. The van der Waals surface area contributed by atoms with E-state index in [0.717, 1.165) is 52.8 Å². The molecular weight excluding hydrogens is 378 g/mol. The van der Waals surface area contributed by atoms with Crippen molar-refractivity contribution in [1.29, 1.82) is 0 Å². The average Bonchev–Trinajstić information content (AvgIpc) is 3.22. The molecule has 1 atom stereocenters. The molecule has 1 aliphatic rings. The number of carbonyl (C=O) groups is 1. The number of esters is 1. The van der Waals surface area contributed by atoms with Crippen LogP contribution in [-0.4, -0.2) is 30.6 Å². The third-order valence-corrected chi connectivity index (χ3v) is 5.80. The van der Waals surface area contributed by atoms with E-state index in [0.29, 0.717) is 12.1 Å². The van der Waals surface area contributed by atoms with Gasteiger partial charge >= 0.3 is 5.97 Å². The van der Waals surface area contributed by atoms with Crippen molar-refractivity contribution in [3.8, 4) is 0 Å². The molecule has 2 N–H and O–H groups in total. The molecule has 0 radical (unpaired) electrons. The summed E-state index contributed by atoms with van der Waals surface area (Å²) in [6.45, 7) is 5.37. The van der Waals surface area contributed by atoms with Crippen LogP contribution < -0.4 is 15.8 Å². The van der Waals surface area contributed by atoms with Gasteiger partial charge in [0.25, 0.3) is 5.56 Å². The molecule has 2 aromatic carbocycles. The summed E-state index contributed by atoms with van der Waals surface area (Å²) in [7, 11) is 1.43. The largest absolute Gasteiger partial charge is 0.467 e. The highest BCUT2D eigenvalue weighted by Gasteiger charge is 2.31. The standard InChI is InChI=1S/C24H27N3O3/c1-15-11-16(2)20-13-17(23(28)26-21(20)12-15)14-25-18-6-8-19(9-7-18)27-10-4-5-22(27)24(29)30-3/h6-9,11-13,22,25H,4-5,10,14H2,1-3H3,(H,26,28)/t22-/m1/s1. The van der Waals surface area contributed by atoms with Gasteiger partial charge in [-0.3, -0.25) is 4.79 Å². The number of methoxy groups -OCH3 is 1. The number of benzene rings is 2. The number of carbonyl (C=O) groups excluding carboxylic acids is 1. The molecule has 6 heteroatoms. The highest BCUT2D eigenvalue weighted by Crippen LogP contribution is 2.27. The molecule has 30 heavy (non-hydrogen) atoms. The number of nitrogens with zero attached hydrogens (tertiary/aromatic N) is 1. The fraction of sp³-hybridized carbons (Fsp3) is 0.333. The topological polar surface area (TPSA) is 74.4 Å². The van der Waals surface area contributed by atoms with E-state index in [-0.39, 0.29) is 17.6 Å². The first-order chi connectivity index (χ1) is 14.5. The Morgan fingerprint density at radius 3 is 2.70 bits per heavy atom. The van der Waals surface area contributed by atoms with Crippen molar-refractivity contribution in [1.82, 2.24) is 4.98 Å². The normalized spacial score (nSPS) is 16.1. The molecule has 4 rings (SSSR count). The van der Waals surface area contributed by atoms with E-state index in [1.807, 2.05) is 43.3 Å². The Hall–Kier alpha value is -3.28. The van der Waals surface area contributed by atoms with Crippen molar-refractivity contribution in [2.45, 2.75) is 39.3 Å². The first-order valence-corrected chi connectivity index (χ1v) is 10.3. The van der Waals surface area contributed by atoms with Crippen LogP contribution in [0.4, 0.5) is 11.4 Å². The Morgan fingerprint density at radius 2 is 1.97 bits per heavy atom. The lowest BCUT2D eigenvalue weighted by Gasteiger charge is -2.25. The Morgan fingerprint density at radius 1 is 1.20 bits per heavy atom. The molecule has 0 unspecified atom stereocenters. The molecule has 6 nitrogen and oxygen atoms in total. The summed E-state index contributed by atoms with van der Waals surface area (Å²) in [4.78, 5) is 29.6. The van der Waals surface area contributed by atoms with E-state index in [2.05, 4.69) is 28.2 Å². The van der Waals surface area contributed by atoms with Crippen molar-refractivity contribution < 1.29 is 9.53 Å². The van der Waals surface area contributed by atoms with Crippen molar-refractivity contribution >= 4 is 28.2 Å². The molecule has 1 fully saturated rings. The summed E-state index contributed by atoms with van der Waals surface area (Å²) >= 11 is 0. The van der Waals surface area contributed by atoms with Gasteiger partial charge in [0, 0.05) is 40.9 Å². The van der Waals surface area contributed by atoms with Crippen molar-refractivity contribution in [3.05, 3.63) is 69.5 Å². The maximum absolute atomic E-state index is 12.5. The van der Waals surface area contributed by atoms with Crippen LogP contribution in [0.15, 0.2) is 47.3 Å². The first kappa shape index (κ1) is 20.0. The van der Waals surface area contributed by atoms with Gasteiger partial charge in [-0.25, -0.2) is 4.79 Å². The molecule has 3 aromatic rings. The molecular formula is C24H27N3O3. The number of rotatable bonds is 5. The van der Waals surface area contributed by atoms with Crippen LogP contribution in [0.5, 0.6) is 0 Å². The average molecular weight is 405 g/mol. The number of pyridine rings is 1. The third kappa shape index (κ3) is 3.90. The van der Waals surface area contributed by atoms with E-state index in [1.54, 1.807) is 0 Å². The predicted molar refractivity (Wildman–Crippen MR) is 120 cm³/mol. The highest BCUT2D eigenvalue weighted by molar-refractivity contribution is 5.83. The van der Waals surface area contributed by atoms with Crippen molar-refractivity contribution in [2.24, 2.45) is 0 Å². The van der Waals surface area contributed by atoms with Crippen LogP contribution in [-0.2, 0) is 16.1 Å². The van der Waals surface area contributed by atoms with Gasteiger partial charge in [-0.15, -0.1) is 0 Å². The number of fused-ring (bicyclic) bond motifs is 1. The maximum atomic E-state index is 12.5. The van der Waals surface area contributed by atoms with Crippen molar-refractivity contribution in [3.63, 3.8) is 0 Å². The smallest absolute Gasteiger partial charge is 0.328 e. The molecule has 1 aliphatic heterocycles. The fourth-order valence-corrected chi connectivity index (χ4v) is 4.27. The Labute approximate surface area is 175 Å². The number of hydrogen-bond acceptors (Lipinski definition) is 5. The molecule has 0 saturated carbocycles. The van der Waals surface area contributed by atoms with E-state index in [9.17, 15) is 9.59 Å². The summed E-state index contributed by atoms with van der Waals surface area (Å²) in [6.07, 6.45) is 1.79. The number of ether oxygens (including phenoxy) is 1. The molecule has 0 bridgehead atoms. The van der Waals surface area contributed by atoms with Gasteiger partial charge in [0.1, 0.15) is 6.04 Å². The van der Waals surface area contributed by atoms with Crippen LogP contribution in [0.3, 0.4) is 0 Å². The van der Waals surface area contributed by atoms with Gasteiger partial charge in [0.05, 0.1) is 7.11 Å². The summed E-state index contributed by atoms with van der Waals surface area (Å²) < 4.78 is 4.93. The van der Waals surface area contributed by atoms with Crippen LogP contribution in [0.2, 0.25) is 0 Å². The van der Waals surface area contributed by atoms with Gasteiger partial charge in [-0.05, 0) is 74.2 Å². The third-order valence-electron chi connectivity index (χ3n) is 5.80. The number of aromatic amines is 1. The van der Waals surface area contributed by atoms with Crippen molar-refractivity contribution in [2.75, 3.05) is 23.9 Å². The number of nitrogens with one attached hydrogen (secondary N) is 2. The monoisotopic (exact) mass is 405 g/mol. The predicted octanol–water partition coefficient (Wildman–Crippen LogP) is 3.90. The minimum absolute atomic E-state index is 0.0744. The Bertz CT molecular complexity index is 1130. The van der Waals surface area contributed by atoms with E-state index in [1.165, 1.54) is 7.11 Å². The molecule has 0 aliphatic carbocycles. The minimum Gasteiger partial charge on any atom is -0.467 e. The lowest BCUT2D eigenvalue weighted by atomic mass is 10.0. The number of aromatic nitrogens is 1. The summed E-state index contributed by atoms with van der Waals surface area (Å²) in [5.74, 6) is -0.185. The Kier molecular flexibility index (Phi) is 5.48. The molecule has 2 heterocycles. The first-order valence-electron chi connectivity index (χ1n) is 10.3.